The molecule has 2 rings (SSSR count). The number of anilines is 2. The predicted molar refractivity (Wildman–Crippen MR) is 80.7 cm³/mol. The Labute approximate surface area is 128 Å². The Hall–Kier alpha value is -1.42. The largest absolute Gasteiger partial charge is 0.396 e. The molecule has 0 atom stereocenters. The molecule has 0 bridgehead atoms. The molecule has 0 saturated carbocycles. The third-order valence-corrected chi connectivity index (χ3v) is 4.71. The van der Waals surface area contributed by atoms with Gasteiger partial charge in [0.1, 0.15) is 11.6 Å². The van der Waals surface area contributed by atoms with Crippen LogP contribution in [0.3, 0.4) is 0 Å². The number of nitrogen functional groups attached to an aromatic ring is 1. The molecule has 0 unspecified atom stereocenters. The summed E-state index contributed by atoms with van der Waals surface area (Å²) in [4.78, 5) is -0.260. The van der Waals surface area contributed by atoms with E-state index in [-0.39, 0.29) is 16.3 Å². The maximum Gasteiger partial charge on any atom is 0.262 e. The molecule has 20 heavy (non-hydrogen) atoms. The van der Waals surface area contributed by atoms with Crippen LogP contribution in [0.5, 0.6) is 0 Å². The molecule has 4 nitrogen and oxygen atoms in total. The van der Waals surface area contributed by atoms with Gasteiger partial charge in [0, 0.05) is 3.57 Å². The van der Waals surface area contributed by atoms with Crippen molar-refractivity contribution in [2.45, 2.75) is 4.90 Å². The number of hydrogen-bond donors (Lipinski definition) is 2. The first kappa shape index (κ1) is 15.0. The first-order valence-corrected chi connectivity index (χ1v) is 7.89. The van der Waals surface area contributed by atoms with Crippen molar-refractivity contribution in [2.75, 3.05) is 10.5 Å². The Bertz CT molecular complexity index is 766. The minimum atomic E-state index is -3.96. The van der Waals surface area contributed by atoms with Crippen molar-refractivity contribution in [2.24, 2.45) is 0 Å². The minimum absolute atomic E-state index is 0.139. The molecule has 3 N–H and O–H groups in total. The third-order valence-electron chi connectivity index (χ3n) is 2.46. The van der Waals surface area contributed by atoms with Gasteiger partial charge in [0.25, 0.3) is 10.0 Å². The summed E-state index contributed by atoms with van der Waals surface area (Å²) in [6.45, 7) is 0. The fourth-order valence-corrected chi connectivity index (χ4v) is 3.34. The van der Waals surface area contributed by atoms with Gasteiger partial charge in [-0.3, -0.25) is 4.72 Å². The van der Waals surface area contributed by atoms with Crippen molar-refractivity contribution in [1.82, 2.24) is 0 Å². The molecule has 106 valence electrons. The number of sulfonamides is 1. The zero-order chi connectivity index (χ0) is 14.9. The van der Waals surface area contributed by atoms with Crippen molar-refractivity contribution in [3.63, 3.8) is 0 Å². The van der Waals surface area contributed by atoms with Crippen LogP contribution in [0.2, 0.25) is 0 Å². The Morgan fingerprint density at radius 2 is 1.80 bits per heavy atom. The molecule has 0 aromatic heterocycles. The lowest BCUT2D eigenvalue weighted by Crippen LogP contribution is -2.14. The van der Waals surface area contributed by atoms with Gasteiger partial charge in [0.05, 0.1) is 16.3 Å². The van der Waals surface area contributed by atoms with Gasteiger partial charge >= 0.3 is 0 Å². The van der Waals surface area contributed by atoms with Gasteiger partial charge in [0.2, 0.25) is 0 Å². The highest BCUT2D eigenvalue weighted by Crippen LogP contribution is 2.23. The van der Waals surface area contributed by atoms with Crippen molar-refractivity contribution in [3.05, 3.63) is 51.6 Å². The van der Waals surface area contributed by atoms with E-state index in [1.807, 2.05) is 0 Å². The first-order valence-electron chi connectivity index (χ1n) is 5.32. The maximum absolute atomic E-state index is 13.3. The van der Waals surface area contributed by atoms with Crippen LogP contribution in [-0.2, 0) is 10.0 Å². The smallest absolute Gasteiger partial charge is 0.262 e. The average molecular weight is 410 g/mol. The van der Waals surface area contributed by atoms with Gasteiger partial charge in [-0.05, 0) is 59.0 Å². The number of nitrogens with one attached hydrogen (secondary N) is 1. The standard InChI is InChI=1S/C12H9F2IN2O2S/c13-7-1-4-12(10(15)5-7)17-20(18,19)8-2-3-11(16)9(14)6-8/h1-6,17H,16H2. The van der Waals surface area contributed by atoms with Crippen molar-refractivity contribution >= 4 is 44.0 Å². The highest BCUT2D eigenvalue weighted by molar-refractivity contribution is 14.1. The van der Waals surface area contributed by atoms with E-state index in [0.717, 1.165) is 12.1 Å². The lowest BCUT2D eigenvalue weighted by molar-refractivity contribution is 0.596. The Morgan fingerprint density at radius 3 is 2.40 bits per heavy atom. The number of halogens is 3. The zero-order valence-corrected chi connectivity index (χ0v) is 12.9. The van der Waals surface area contributed by atoms with Crippen LogP contribution in [0.4, 0.5) is 20.2 Å². The molecule has 0 aliphatic rings. The van der Waals surface area contributed by atoms with Gasteiger partial charge in [-0.1, -0.05) is 0 Å². The number of rotatable bonds is 3. The number of nitrogens with two attached hydrogens (primary N) is 1. The summed E-state index contributed by atoms with van der Waals surface area (Å²) in [5, 5.41) is 0. The number of benzene rings is 2. The lowest BCUT2D eigenvalue weighted by Gasteiger charge is -2.10. The molecule has 0 saturated heterocycles. The van der Waals surface area contributed by atoms with E-state index in [9.17, 15) is 17.2 Å². The van der Waals surface area contributed by atoms with Crippen molar-refractivity contribution < 1.29 is 17.2 Å². The van der Waals surface area contributed by atoms with Crippen molar-refractivity contribution in [1.29, 1.82) is 0 Å². The zero-order valence-electron chi connectivity index (χ0n) is 9.90. The van der Waals surface area contributed by atoms with E-state index in [2.05, 4.69) is 4.72 Å². The Morgan fingerprint density at radius 1 is 1.10 bits per heavy atom. The van der Waals surface area contributed by atoms with Crippen LogP contribution < -0.4 is 10.5 Å². The van der Waals surface area contributed by atoms with Gasteiger partial charge in [-0.15, -0.1) is 0 Å². The van der Waals surface area contributed by atoms with E-state index in [0.29, 0.717) is 3.57 Å². The van der Waals surface area contributed by atoms with Crippen LogP contribution >= 0.6 is 22.6 Å². The molecule has 8 heteroatoms. The lowest BCUT2D eigenvalue weighted by atomic mass is 10.3. The highest BCUT2D eigenvalue weighted by atomic mass is 127. The van der Waals surface area contributed by atoms with Crippen LogP contribution in [0.15, 0.2) is 41.3 Å². The molecule has 2 aromatic rings. The Kier molecular flexibility index (Phi) is 4.14. The van der Waals surface area contributed by atoms with E-state index in [1.54, 1.807) is 22.6 Å². The van der Waals surface area contributed by atoms with E-state index >= 15 is 0 Å². The third kappa shape index (κ3) is 3.18. The minimum Gasteiger partial charge on any atom is -0.396 e. The fourth-order valence-electron chi connectivity index (χ4n) is 1.45. The summed E-state index contributed by atoms with van der Waals surface area (Å²) in [6, 6.07) is 6.79. The second kappa shape index (κ2) is 5.52. The molecule has 0 fully saturated rings. The summed E-state index contributed by atoms with van der Waals surface area (Å²) in [5.74, 6) is -1.29. The molecule has 0 amide bonds. The molecular weight excluding hydrogens is 401 g/mol. The summed E-state index contributed by atoms with van der Waals surface area (Å²) in [7, 11) is -3.96. The van der Waals surface area contributed by atoms with Crippen LogP contribution in [0.1, 0.15) is 0 Å². The quantitative estimate of drug-likeness (QED) is 0.604. The van der Waals surface area contributed by atoms with Crippen LogP contribution in [-0.4, -0.2) is 8.42 Å². The number of hydrogen-bond acceptors (Lipinski definition) is 3. The molecule has 0 spiro atoms. The summed E-state index contributed by atoms with van der Waals surface area (Å²) in [5.41, 5.74) is 5.37. The van der Waals surface area contributed by atoms with Gasteiger partial charge in [-0.25, -0.2) is 17.2 Å². The Balaban J connectivity index is 2.38. The summed E-state index contributed by atoms with van der Waals surface area (Å²) >= 11 is 1.80. The molecule has 0 heterocycles. The topological polar surface area (TPSA) is 72.2 Å². The predicted octanol–water partition coefficient (Wildman–Crippen LogP) is 2.95. The van der Waals surface area contributed by atoms with Gasteiger partial charge in [0.15, 0.2) is 0 Å². The average Bonchev–Trinajstić information content (AvgIpc) is 2.36. The van der Waals surface area contributed by atoms with E-state index < -0.39 is 21.7 Å². The summed E-state index contributed by atoms with van der Waals surface area (Å²) < 4.78 is 53.1. The fraction of sp³-hybridized carbons (Fsp3) is 0. The normalized spacial score (nSPS) is 11.3. The molecular formula is C12H9F2IN2O2S. The first-order chi connectivity index (χ1) is 9.29. The van der Waals surface area contributed by atoms with Crippen molar-refractivity contribution in [3.8, 4) is 0 Å². The van der Waals surface area contributed by atoms with E-state index in [1.165, 1.54) is 24.3 Å². The SMILES string of the molecule is Nc1ccc(S(=O)(=O)Nc2ccc(F)cc2I)cc1F. The maximum atomic E-state index is 13.3. The molecule has 0 aliphatic carbocycles. The van der Waals surface area contributed by atoms with E-state index in [4.69, 9.17) is 5.73 Å². The molecule has 0 aliphatic heterocycles. The molecule has 2 aromatic carbocycles. The monoisotopic (exact) mass is 410 g/mol. The van der Waals surface area contributed by atoms with Gasteiger partial charge in [-0.2, -0.15) is 0 Å². The highest BCUT2D eigenvalue weighted by Gasteiger charge is 2.17. The second-order valence-electron chi connectivity index (χ2n) is 3.91. The van der Waals surface area contributed by atoms with Gasteiger partial charge < -0.3 is 5.73 Å². The second-order valence-corrected chi connectivity index (χ2v) is 6.76. The van der Waals surface area contributed by atoms with Crippen LogP contribution in [0.25, 0.3) is 0 Å². The molecule has 0 radical (unpaired) electrons. The summed E-state index contributed by atoms with van der Waals surface area (Å²) in [6.07, 6.45) is 0. The van der Waals surface area contributed by atoms with Crippen LogP contribution in [0, 0.1) is 15.2 Å².